The van der Waals surface area contributed by atoms with E-state index < -0.39 is 0 Å². The first-order valence-electron chi connectivity index (χ1n) is 6.22. The van der Waals surface area contributed by atoms with Gasteiger partial charge >= 0.3 is 0 Å². The van der Waals surface area contributed by atoms with Crippen LogP contribution < -0.4 is 0 Å². The molecule has 2 rings (SSSR count). The van der Waals surface area contributed by atoms with Crippen molar-refractivity contribution in [1.82, 2.24) is 9.55 Å². The topological polar surface area (TPSA) is 17.8 Å². The van der Waals surface area contributed by atoms with Crippen molar-refractivity contribution in [3.8, 4) is 0 Å². The maximum absolute atomic E-state index is 6.08. The number of nitrogens with zero attached hydrogens (tertiary/aromatic N) is 2. The van der Waals surface area contributed by atoms with Crippen LogP contribution >= 0.6 is 11.6 Å². The summed E-state index contributed by atoms with van der Waals surface area (Å²) in [5.74, 6) is 1.64. The minimum Gasteiger partial charge on any atom is -0.325 e. The Morgan fingerprint density at radius 2 is 2.00 bits per heavy atom. The van der Waals surface area contributed by atoms with Crippen molar-refractivity contribution in [3.05, 3.63) is 29.0 Å². The lowest BCUT2D eigenvalue weighted by atomic mass is 10.1. The third-order valence-corrected chi connectivity index (χ3v) is 3.48. The summed E-state index contributed by atoms with van der Waals surface area (Å²) in [5.41, 5.74) is 2.18. The van der Waals surface area contributed by atoms with Crippen LogP contribution in [0.2, 0.25) is 5.02 Å². The van der Waals surface area contributed by atoms with Crippen molar-refractivity contribution in [2.45, 2.75) is 46.1 Å². The van der Waals surface area contributed by atoms with Gasteiger partial charge in [0.1, 0.15) is 5.82 Å². The third kappa shape index (κ3) is 2.19. The molecule has 1 aromatic carbocycles. The monoisotopic (exact) mass is 250 g/mol. The van der Waals surface area contributed by atoms with E-state index >= 15 is 0 Å². The van der Waals surface area contributed by atoms with Gasteiger partial charge in [-0.15, -0.1) is 0 Å². The summed E-state index contributed by atoms with van der Waals surface area (Å²) in [4.78, 5) is 4.75. The number of rotatable bonds is 3. The van der Waals surface area contributed by atoms with E-state index in [4.69, 9.17) is 16.6 Å². The fourth-order valence-electron chi connectivity index (χ4n) is 2.16. The Labute approximate surface area is 108 Å². The quantitative estimate of drug-likeness (QED) is 0.766. The molecule has 0 fully saturated rings. The predicted molar refractivity (Wildman–Crippen MR) is 73.8 cm³/mol. The normalized spacial score (nSPS) is 13.5. The molecule has 0 spiro atoms. The van der Waals surface area contributed by atoms with Crippen LogP contribution in [0.15, 0.2) is 18.2 Å². The third-order valence-electron chi connectivity index (χ3n) is 3.25. The second-order valence-electron chi connectivity index (χ2n) is 4.88. The molecule has 2 nitrogen and oxygen atoms in total. The number of benzene rings is 1. The number of hydrogen-bond donors (Lipinski definition) is 0. The predicted octanol–water partition coefficient (Wildman–Crippen LogP) is 4.78. The summed E-state index contributed by atoms with van der Waals surface area (Å²) in [6.45, 7) is 8.80. The SMILES string of the molecule is CCC(C)c1nc2ccc(Cl)cc2n1C(C)C. The zero-order chi connectivity index (χ0) is 12.6. The van der Waals surface area contributed by atoms with E-state index in [0.717, 1.165) is 22.5 Å². The van der Waals surface area contributed by atoms with Gasteiger partial charge in [0.15, 0.2) is 0 Å². The Morgan fingerprint density at radius 1 is 1.29 bits per heavy atom. The van der Waals surface area contributed by atoms with Crippen LogP contribution in [0.1, 0.15) is 51.9 Å². The second-order valence-corrected chi connectivity index (χ2v) is 5.31. The molecule has 0 aliphatic rings. The van der Waals surface area contributed by atoms with Crippen LogP contribution in [0, 0.1) is 0 Å². The molecular formula is C14H19ClN2. The Bertz CT molecular complexity index is 528. The molecule has 0 bridgehead atoms. The van der Waals surface area contributed by atoms with Gasteiger partial charge in [0.2, 0.25) is 0 Å². The van der Waals surface area contributed by atoms with E-state index in [-0.39, 0.29) is 0 Å². The number of halogens is 1. The summed E-state index contributed by atoms with van der Waals surface area (Å²) in [6, 6.07) is 6.32. The maximum atomic E-state index is 6.08. The first kappa shape index (κ1) is 12.4. The molecule has 92 valence electrons. The number of fused-ring (bicyclic) bond motifs is 1. The van der Waals surface area contributed by atoms with Crippen molar-refractivity contribution in [3.63, 3.8) is 0 Å². The molecule has 1 heterocycles. The van der Waals surface area contributed by atoms with Crippen molar-refractivity contribution >= 4 is 22.6 Å². The fraction of sp³-hybridized carbons (Fsp3) is 0.500. The van der Waals surface area contributed by atoms with Crippen LogP contribution in [-0.2, 0) is 0 Å². The first-order valence-corrected chi connectivity index (χ1v) is 6.59. The molecule has 1 unspecified atom stereocenters. The largest absolute Gasteiger partial charge is 0.325 e. The van der Waals surface area contributed by atoms with E-state index in [2.05, 4.69) is 32.3 Å². The fourth-order valence-corrected chi connectivity index (χ4v) is 2.32. The lowest BCUT2D eigenvalue weighted by Gasteiger charge is -2.16. The molecule has 0 amide bonds. The summed E-state index contributed by atoms with van der Waals surface area (Å²) in [7, 11) is 0. The van der Waals surface area contributed by atoms with Gasteiger partial charge in [-0.05, 0) is 38.5 Å². The van der Waals surface area contributed by atoms with Gasteiger partial charge in [-0.25, -0.2) is 4.98 Å². The molecule has 0 saturated heterocycles. The minimum absolute atomic E-state index is 0.405. The van der Waals surface area contributed by atoms with E-state index in [9.17, 15) is 0 Å². The van der Waals surface area contributed by atoms with Gasteiger partial charge in [-0.1, -0.05) is 25.4 Å². The highest BCUT2D eigenvalue weighted by molar-refractivity contribution is 6.31. The van der Waals surface area contributed by atoms with Gasteiger partial charge in [0, 0.05) is 17.0 Å². The molecule has 0 aliphatic heterocycles. The van der Waals surface area contributed by atoms with Crippen LogP contribution in [-0.4, -0.2) is 9.55 Å². The van der Waals surface area contributed by atoms with Crippen molar-refractivity contribution in [1.29, 1.82) is 0 Å². The average molecular weight is 251 g/mol. The number of imidazole rings is 1. The number of hydrogen-bond acceptors (Lipinski definition) is 1. The maximum Gasteiger partial charge on any atom is 0.112 e. The van der Waals surface area contributed by atoms with Crippen molar-refractivity contribution < 1.29 is 0 Å². The lowest BCUT2D eigenvalue weighted by molar-refractivity contribution is 0.545. The summed E-state index contributed by atoms with van der Waals surface area (Å²) < 4.78 is 2.30. The zero-order valence-corrected chi connectivity index (χ0v) is 11.6. The highest BCUT2D eigenvalue weighted by atomic mass is 35.5. The minimum atomic E-state index is 0.405. The van der Waals surface area contributed by atoms with Crippen molar-refractivity contribution in [2.75, 3.05) is 0 Å². The summed E-state index contributed by atoms with van der Waals surface area (Å²) in [5, 5.41) is 0.773. The van der Waals surface area contributed by atoms with E-state index in [1.807, 2.05) is 18.2 Å². The molecule has 3 heteroatoms. The Kier molecular flexibility index (Phi) is 3.43. The van der Waals surface area contributed by atoms with Gasteiger partial charge in [0.05, 0.1) is 11.0 Å². The summed E-state index contributed by atoms with van der Waals surface area (Å²) in [6.07, 6.45) is 1.10. The lowest BCUT2D eigenvalue weighted by Crippen LogP contribution is -2.08. The van der Waals surface area contributed by atoms with Crippen LogP contribution in [0.4, 0.5) is 0 Å². The molecule has 0 N–H and O–H groups in total. The highest BCUT2D eigenvalue weighted by Gasteiger charge is 2.17. The average Bonchev–Trinajstić information content (AvgIpc) is 2.66. The Balaban J connectivity index is 2.71. The molecule has 17 heavy (non-hydrogen) atoms. The Morgan fingerprint density at radius 3 is 2.59 bits per heavy atom. The molecule has 1 atom stereocenters. The summed E-state index contributed by atoms with van der Waals surface area (Å²) >= 11 is 6.08. The molecule has 1 aromatic heterocycles. The zero-order valence-electron chi connectivity index (χ0n) is 10.9. The molecule has 0 radical (unpaired) electrons. The van der Waals surface area contributed by atoms with Crippen LogP contribution in [0.25, 0.3) is 11.0 Å². The van der Waals surface area contributed by atoms with E-state index in [1.54, 1.807) is 0 Å². The van der Waals surface area contributed by atoms with Gasteiger partial charge in [0.25, 0.3) is 0 Å². The standard InChI is InChI=1S/C14H19ClN2/c1-5-10(4)14-16-12-7-6-11(15)8-13(12)17(14)9(2)3/h6-10H,5H2,1-4H3. The van der Waals surface area contributed by atoms with Crippen LogP contribution in [0.5, 0.6) is 0 Å². The van der Waals surface area contributed by atoms with E-state index in [1.165, 1.54) is 5.82 Å². The van der Waals surface area contributed by atoms with E-state index in [0.29, 0.717) is 12.0 Å². The molecule has 0 aliphatic carbocycles. The first-order chi connectivity index (χ1) is 8.04. The van der Waals surface area contributed by atoms with Gasteiger partial charge < -0.3 is 4.57 Å². The van der Waals surface area contributed by atoms with Crippen molar-refractivity contribution in [2.24, 2.45) is 0 Å². The van der Waals surface area contributed by atoms with Crippen LogP contribution in [0.3, 0.4) is 0 Å². The molecule has 2 aromatic rings. The molecular weight excluding hydrogens is 232 g/mol. The Hall–Kier alpha value is -1.02. The smallest absolute Gasteiger partial charge is 0.112 e. The van der Waals surface area contributed by atoms with Gasteiger partial charge in [-0.3, -0.25) is 0 Å². The molecule has 0 saturated carbocycles. The highest BCUT2D eigenvalue weighted by Crippen LogP contribution is 2.28. The van der Waals surface area contributed by atoms with Gasteiger partial charge in [-0.2, -0.15) is 0 Å². The number of aromatic nitrogens is 2. The second kappa shape index (κ2) is 4.69.